The fourth-order valence-corrected chi connectivity index (χ4v) is 1.85. The van der Waals surface area contributed by atoms with Gasteiger partial charge in [0.2, 0.25) is 0 Å². The lowest BCUT2D eigenvalue weighted by Gasteiger charge is -2.15. The summed E-state index contributed by atoms with van der Waals surface area (Å²) < 4.78 is 22.1. The predicted molar refractivity (Wildman–Crippen MR) is 35.1 cm³/mol. The first-order valence-electron chi connectivity index (χ1n) is 2.99. The van der Waals surface area contributed by atoms with Gasteiger partial charge in [-0.15, -0.1) is 0 Å². The molecule has 1 rings (SSSR count). The van der Waals surface area contributed by atoms with Crippen LogP contribution in [-0.2, 0) is 10.2 Å². The highest BCUT2D eigenvalue weighted by Crippen LogP contribution is 2.15. The second-order valence-electron chi connectivity index (χ2n) is 2.28. The minimum absolute atomic E-state index is 0.333. The quantitative estimate of drug-likeness (QED) is 0.502. The normalized spacial score (nSPS) is 29.2. The Hall–Kier alpha value is -0.170. The second kappa shape index (κ2) is 2.46. The van der Waals surface area contributed by atoms with Gasteiger partial charge in [0.25, 0.3) is 10.2 Å². The van der Waals surface area contributed by atoms with Crippen LogP contribution in [0, 0.1) is 0 Å². The SMILES string of the molecule is NS(=O)(=O)N1CCCC1O. The van der Waals surface area contributed by atoms with E-state index >= 15 is 0 Å². The van der Waals surface area contributed by atoms with Crippen LogP contribution in [0.3, 0.4) is 0 Å². The molecule has 1 saturated heterocycles. The van der Waals surface area contributed by atoms with Crippen molar-refractivity contribution in [1.29, 1.82) is 0 Å². The van der Waals surface area contributed by atoms with Crippen LogP contribution in [0.15, 0.2) is 0 Å². The van der Waals surface area contributed by atoms with Crippen LogP contribution < -0.4 is 5.14 Å². The topological polar surface area (TPSA) is 83.6 Å². The fourth-order valence-electron chi connectivity index (χ4n) is 1.02. The Morgan fingerprint density at radius 2 is 2.20 bits per heavy atom. The lowest BCUT2D eigenvalue weighted by Crippen LogP contribution is -2.39. The molecule has 3 N–H and O–H groups in total. The van der Waals surface area contributed by atoms with Gasteiger partial charge in [0.1, 0.15) is 6.23 Å². The summed E-state index contributed by atoms with van der Waals surface area (Å²) in [5.41, 5.74) is 0. The molecule has 6 heteroatoms. The molecule has 0 amide bonds. The Kier molecular flexibility index (Phi) is 1.95. The van der Waals surface area contributed by atoms with Gasteiger partial charge in [-0.1, -0.05) is 0 Å². The summed E-state index contributed by atoms with van der Waals surface area (Å²) in [6.07, 6.45) is 0.253. The van der Waals surface area contributed by atoms with Crippen molar-refractivity contribution in [2.24, 2.45) is 5.14 Å². The molecule has 0 spiro atoms. The lowest BCUT2D eigenvalue weighted by atomic mass is 10.4. The van der Waals surface area contributed by atoms with Gasteiger partial charge in [-0.3, -0.25) is 0 Å². The number of nitrogens with zero attached hydrogens (tertiary/aromatic N) is 1. The first kappa shape index (κ1) is 7.93. The zero-order valence-electron chi connectivity index (χ0n) is 5.40. The number of rotatable bonds is 1. The molecule has 1 heterocycles. The van der Waals surface area contributed by atoms with Crippen LogP contribution in [0.5, 0.6) is 0 Å². The van der Waals surface area contributed by atoms with E-state index in [9.17, 15) is 8.42 Å². The molecule has 1 aliphatic rings. The Morgan fingerprint density at radius 3 is 2.40 bits per heavy atom. The van der Waals surface area contributed by atoms with Crippen LogP contribution in [0.25, 0.3) is 0 Å². The number of aliphatic hydroxyl groups is 1. The minimum Gasteiger partial charge on any atom is -0.377 e. The number of hydrogen-bond acceptors (Lipinski definition) is 3. The number of hydrogen-bond donors (Lipinski definition) is 2. The molecule has 0 aromatic heterocycles. The molecule has 1 aliphatic heterocycles. The standard InChI is InChI=1S/C4H10N2O3S/c5-10(8,9)6-3-1-2-4(6)7/h4,7H,1-3H2,(H2,5,8,9). The zero-order chi connectivity index (χ0) is 7.78. The molecule has 1 fully saturated rings. The van der Waals surface area contributed by atoms with Gasteiger partial charge in [0, 0.05) is 6.54 Å². The van der Waals surface area contributed by atoms with E-state index in [0.717, 1.165) is 4.31 Å². The monoisotopic (exact) mass is 166 g/mol. The van der Waals surface area contributed by atoms with E-state index in [1.165, 1.54) is 0 Å². The summed E-state index contributed by atoms with van der Waals surface area (Å²) in [6.45, 7) is 0.333. The minimum atomic E-state index is -3.67. The lowest BCUT2D eigenvalue weighted by molar-refractivity contribution is 0.0950. The average Bonchev–Trinajstić information content (AvgIpc) is 2.11. The van der Waals surface area contributed by atoms with E-state index in [0.29, 0.717) is 19.4 Å². The Balaban J connectivity index is 2.74. The first-order chi connectivity index (χ1) is 4.52. The highest BCUT2D eigenvalue weighted by atomic mass is 32.2. The van der Waals surface area contributed by atoms with E-state index in [-0.39, 0.29) is 0 Å². The van der Waals surface area contributed by atoms with Crippen molar-refractivity contribution in [3.8, 4) is 0 Å². The molecule has 60 valence electrons. The van der Waals surface area contributed by atoms with Gasteiger partial charge >= 0.3 is 0 Å². The molecule has 0 aromatic rings. The largest absolute Gasteiger partial charge is 0.377 e. The third-order valence-electron chi connectivity index (χ3n) is 1.50. The molecule has 0 aromatic carbocycles. The Labute approximate surface area is 59.6 Å². The predicted octanol–water partition coefficient (Wildman–Crippen LogP) is -1.40. The van der Waals surface area contributed by atoms with Crippen molar-refractivity contribution >= 4 is 10.2 Å². The zero-order valence-corrected chi connectivity index (χ0v) is 6.21. The van der Waals surface area contributed by atoms with Crippen LogP contribution in [0.4, 0.5) is 0 Å². The van der Waals surface area contributed by atoms with Crippen LogP contribution in [0.1, 0.15) is 12.8 Å². The molecular formula is C4H10N2O3S. The average molecular weight is 166 g/mol. The molecule has 0 radical (unpaired) electrons. The molecule has 1 unspecified atom stereocenters. The summed E-state index contributed by atoms with van der Waals surface area (Å²) in [6, 6.07) is 0. The van der Waals surface area contributed by atoms with Gasteiger partial charge in [-0.05, 0) is 12.8 Å². The van der Waals surface area contributed by atoms with E-state index < -0.39 is 16.4 Å². The van der Waals surface area contributed by atoms with Crippen molar-refractivity contribution in [1.82, 2.24) is 4.31 Å². The highest BCUT2D eigenvalue weighted by molar-refractivity contribution is 7.86. The molecule has 10 heavy (non-hydrogen) atoms. The molecule has 1 atom stereocenters. The smallest absolute Gasteiger partial charge is 0.279 e. The maximum Gasteiger partial charge on any atom is 0.279 e. The van der Waals surface area contributed by atoms with Crippen molar-refractivity contribution in [3.05, 3.63) is 0 Å². The van der Waals surface area contributed by atoms with Gasteiger partial charge in [0.15, 0.2) is 0 Å². The summed E-state index contributed by atoms with van der Waals surface area (Å²) in [5, 5.41) is 13.8. The summed E-state index contributed by atoms with van der Waals surface area (Å²) in [7, 11) is -3.67. The van der Waals surface area contributed by atoms with Crippen LogP contribution in [0.2, 0.25) is 0 Å². The molecule has 5 nitrogen and oxygen atoms in total. The van der Waals surface area contributed by atoms with Crippen molar-refractivity contribution in [3.63, 3.8) is 0 Å². The van der Waals surface area contributed by atoms with E-state index in [2.05, 4.69) is 0 Å². The Bertz CT molecular complexity index is 213. The van der Waals surface area contributed by atoms with Gasteiger partial charge < -0.3 is 5.11 Å². The third-order valence-corrected chi connectivity index (χ3v) is 2.58. The third kappa shape index (κ3) is 1.46. The second-order valence-corrected chi connectivity index (χ2v) is 3.78. The van der Waals surface area contributed by atoms with Crippen molar-refractivity contribution in [2.45, 2.75) is 19.1 Å². The number of nitrogens with two attached hydrogens (primary N) is 1. The van der Waals surface area contributed by atoms with Gasteiger partial charge in [-0.2, -0.15) is 12.7 Å². The van der Waals surface area contributed by atoms with E-state index in [1.807, 2.05) is 0 Å². The van der Waals surface area contributed by atoms with Crippen molar-refractivity contribution < 1.29 is 13.5 Å². The molecular weight excluding hydrogens is 156 g/mol. The van der Waals surface area contributed by atoms with Crippen LogP contribution >= 0.6 is 0 Å². The fraction of sp³-hybridized carbons (Fsp3) is 1.00. The maximum atomic E-state index is 10.6. The highest BCUT2D eigenvalue weighted by Gasteiger charge is 2.29. The van der Waals surface area contributed by atoms with Crippen LogP contribution in [-0.4, -0.2) is 30.6 Å². The molecule has 0 aliphatic carbocycles. The van der Waals surface area contributed by atoms with Gasteiger partial charge in [0.05, 0.1) is 0 Å². The van der Waals surface area contributed by atoms with Crippen molar-refractivity contribution in [2.75, 3.05) is 6.54 Å². The summed E-state index contributed by atoms with van der Waals surface area (Å²) in [4.78, 5) is 0. The summed E-state index contributed by atoms with van der Waals surface area (Å²) >= 11 is 0. The van der Waals surface area contributed by atoms with E-state index in [4.69, 9.17) is 10.2 Å². The number of aliphatic hydroxyl groups excluding tert-OH is 1. The Morgan fingerprint density at radius 1 is 1.60 bits per heavy atom. The first-order valence-corrected chi connectivity index (χ1v) is 4.50. The maximum absolute atomic E-state index is 10.6. The molecule has 0 bridgehead atoms. The molecule has 0 saturated carbocycles. The van der Waals surface area contributed by atoms with Gasteiger partial charge in [-0.25, -0.2) is 5.14 Å². The van der Waals surface area contributed by atoms with E-state index in [1.54, 1.807) is 0 Å². The summed E-state index contributed by atoms with van der Waals surface area (Å²) in [5.74, 6) is 0.